The molecular weight excluding hydrogens is 190 g/mol. The van der Waals surface area contributed by atoms with E-state index in [1.54, 1.807) is 7.11 Å². The molecule has 0 aliphatic carbocycles. The molecule has 1 unspecified atom stereocenters. The molecule has 0 aromatic carbocycles. The smallest absolute Gasteiger partial charge is 0.0637 e. The van der Waals surface area contributed by atoms with Crippen LogP contribution in [0.15, 0.2) is 0 Å². The number of hydrogen-bond acceptors (Lipinski definition) is 3. The van der Waals surface area contributed by atoms with Gasteiger partial charge in [0.15, 0.2) is 0 Å². The summed E-state index contributed by atoms with van der Waals surface area (Å²) in [5, 5.41) is 3.65. The van der Waals surface area contributed by atoms with Crippen LogP contribution < -0.4 is 5.32 Å². The summed E-state index contributed by atoms with van der Waals surface area (Å²) in [4.78, 5) is 0. The molecule has 0 radical (unpaired) electrons. The summed E-state index contributed by atoms with van der Waals surface area (Å²) >= 11 is 0. The molecule has 90 valence electrons. The van der Waals surface area contributed by atoms with Crippen LogP contribution in [0.2, 0.25) is 0 Å². The number of methoxy groups -OCH3 is 1. The van der Waals surface area contributed by atoms with E-state index >= 15 is 0 Å². The maximum Gasteiger partial charge on any atom is 0.0637 e. The van der Waals surface area contributed by atoms with E-state index in [-0.39, 0.29) is 5.60 Å². The largest absolute Gasteiger partial charge is 0.381 e. The zero-order valence-corrected chi connectivity index (χ0v) is 10.5. The van der Waals surface area contributed by atoms with Crippen molar-refractivity contribution in [3.05, 3.63) is 0 Å². The van der Waals surface area contributed by atoms with Crippen molar-refractivity contribution in [2.75, 3.05) is 20.3 Å². The molecular formula is C12H25NO2. The Hall–Kier alpha value is -0.120. The van der Waals surface area contributed by atoms with E-state index in [4.69, 9.17) is 9.47 Å². The normalized spacial score (nSPS) is 21.6. The van der Waals surface area contributed by atoms with Crippen molar-refractivity contribution in [1.29, 1.82) is 0 Å². The summed E-state index contributed by atoms with van der Waals surface area (Å²) in [6.07, 6.45) is 3.32. The summed E-state index contributed by atoms with van der Waals surface area (Å²) in [5.74, 6) is 0. The van der Waals surface area contributed by atoms with Gasteiger partial charge in [0.05, 0.1) is 5.60 Å². The van der Waals surface area contributed by atoms with Gasteiger partial charge in [0.2, 0.25) is 0 Å². The van der Waals surface area contributed by atoms with Crippen LogP contribution in [-0.4, -0.2) is 38.0 Å². The minimum Gasteiger partial charge on any atom is -0.381 e. The van der Waals surface area contributed by atoms with E-state index in [2.05, 4.69) is 26.1 Å². The second kappa shape index (κ2) is 5.83. The second-order valence-corrected chi connectivity index (χ2v) is 5.12. The van der Waals surface area contributed by atoms with Crippen molar-refractivity contribution in [2.45, 2.75) is 57.7 Å². The van der Waals surface area contributed by atoms with Crippen molar-refractivity contribution in [1.82, 2.24) is 5.32 Å². The third-order valence-electron chi connectivity index (χ3n) is 3.09. The Balaban J connectivity index is 2.25. The summed E-state index contributed by atoms with van der Waals surface area (Å²) < 4.78 is 10.8. The Morgan fingerprint density at radius 1 is 1.40 bits per heavy atom. The van der Waals surface area contributed by atoms with E-state index in [0.717, 1.165) is 32.5 Å². The maximum atomic E-state index is 5.43. The Bertz CT molecular complexity index is 176. The van der Waals surface area contributed by atoms with Crippen molar-refractivity contribution in [3.63, 3.8) is 0 Å². The number of nitrogens with one attached hydrogen (secondary N) is 1. The van der Waals surface area contributed by atoms with Crippen LogP contribution >= 0.6 is 0 Å². The Morgan fingerprint density at radius 2 is 2.00 bits per heavy atom. The lowest BCUT2D eigenvalue weighted by Gasteiger charge is -2.31. The van der Waals surface area contributed by atoms with Gasteiger partial charge in [-0.15, -0.1) is 0 Å². The lowest BCUT2D eigenvalue weighted by atomic mass is 9.98. The van der Waals surface area contributed by atoms with Gasteiger partial charge in [0, 0.05) is 32.4 Å². The van der Waals surface area contributed by atoms with Crippen LogP contribution in [0.5, 0.6) is 0 Å². The fourth-order valence-electron chi connectivity index (χ4n) is 2.15. The van der Waals surface area contributed by atoms with Crippen LogP contribution in [0.25, 0.3) is 0 Å². The molecule has 0 aromatic heterocycles. The molecule has 1 aliphatic heterocycles. The van der Waals surface area contributed by atoms with Crippen molar-refractivity contribution in [2.24, 2.45) is 0 Å². The molecule has 0 amide bonds. The lowest BCUT2D eigenvalue weighted by molar-refractivity contribution is 0.00522. The molecule has 3 nitrogen and oxygen atoms in total. The highest BCUT2D eigenvalue weighted by atomic mass is 16.5. The zero-order valence-electron chi connectivity index (χ0n) is 10.5. The van der Waals surface area contributed by atoms with Gasteiger partial charge in [0.25, 0.3) is 0 Å². The molecule has 1 aliphatic rings. The Morgan fingerprint density at radius 3 is 2.53 bits per heavy atom. The van der Waals surface area contributed by atoms with Crippen LogP contribution in [0.3, 0.4) is 0 Å². The first-order valence-corrected chi connectivity index (χ1v) is 5.92. The van der Waals surface area contributed by atoms with Crippen molar-refractivity contribution < 1.29 is 9.47 Å². The van der Waals surface area contributed by atoms with Gasteiger partial charge in [0.1, 0.15) is 0 Å². The molecule has 15 heavy (non-hydrogen) atoms. The first-order valence-electron chi connectivity index (χ1n) is 5.92. The summed E-state index contributed by atoms with van der Waals surface area (Å²) in [7, 11) is 1.78. The average Bonchev–Trinajstić information content (AvgIpc) is 2.18. The van der Waals surface area contributed by atoms with Crippen LogP contribution in [-0.2, 0) is 9.47 Å². The zero-order chi connectivity index (χ0) is 11.3. The molecule has 1 rings (SSSR count). The van der Waals surface area contributed by atoms with Gasteiger partial charge in [-0.05, 0) is 40.0 Å². The van der Waals surface area contributed by atoms with Gasteiger partial charge in [-0.25, -0.2) is 0 Å². The molecule has 1 atom stereocenters. The van der Waals surface area contributed by atoms with E-state index in [0.29, 0.717) is 12.1 Å². The molecule has 0 spiro atoms. The summed E-state index contributed by atoms with van der Waals surface area (Å²) in [6.45, 7) is 8.30. The Kier molecular flexibility index (Phi) is 5.03. The first-order chi connectivity index (χ1) is 7.03. The molecule has 0 saturated carbocycles. The van der Waals surface area contributed by atoms with Crippen LogP contribution in [0.1, 0.15) is 40.0 Å². The second-order valence-electron chi connectivity index (χ2n) is 5.12. The fourth-order valence-corrected chi connectivity index (χ4v) is 2.15. The molecule has 0 bridgehead atoms. The average molecular weight is 215 g/mol. The third-order valence-corrected chi connectivity index (χ3v) is 3.09. The summed E-state index contributed by atoms with van der Waals surface area (Å²) in [6, 6.07) is 1.13. The van der Waals surface area contributed by atoms with E-state index in [1.807, 2.05) is 0 Å². The maximum absolute atomic E-state index is 5.43. The minimum absolute atomic E-state index is 0.0302. The van der Waals surface area contributed by atoms with E-state index < -0.39 is 0 Å². The SMILES string of the molecule is COC(C)(C)CC(C)NC1CCOCC1. The van der Waals surface area contributed by atoms with E-state index in [1.165, 1.54) is 0 Å². The van der Waals surface area contributed by atoms with Crippen LogP contribution in [0.4, 0.5) is 0 Å². The third kappa shape index (κ3) is 4.96. The van der Waals surface area contributed by atoms with Gasteiger partial charge in [-0.2, -0.15) is 0 Å². The minimum atomic E-state index is -0.0302. The van der Waals surface area contributed by atoms with Crippen molar-refractivity contribution >= 4 is 0 Å². The Labute approximate surface area is 93.5 Å². The van der Waals surface area contributed by atoms with Gasteiger partial charge < -0.3 is 14.8 Å². The topological polar surface area (TPSA) is 30.5 Å². The molecule has 0 aromatic rings. The molecule has 1 N–H and O–H groups in total. The standard InChI is InChI=1S/C12H25NO2/c1-10(9-12(2,3)14-4)13-11-5-7-15-8-6-11/h10-11,13H,5-9H2,1-4H3. The quantitative estimate of drug-likeness (QED) is 0.760. The number of ether oxygens (including phenoxy) is 2. The van der Waals surface area contributed by atoms with Gasteiger partial charge in [-0.1, -0.05) is 0 Å². The number of rotatable bonds is 5. The van der Waals surface area contributed by atoms with Gasteiger partial charge >= 0.3 is 0 Å². The predicted molar refractivity (Wildman–Crippen MR) is 62.1 cm³/mol. The van der Waals surface area contributed by atoms with E-state index in [9.17, 15) is 0 Å². The molecule has 1 saturated heterocycles. The highest BCUT2D eigenvalue weighted by Gasteiger charge is 2.22. The van der Waals surface area contributed by atoms with Crippen molar-refractivity contribution in [3.8, 4) is 0 Å². The summed E-state index contributed by atoms with van der Waals surface area (Å²) in [5.41, 5.74) is -0.0302. The van der Waals surface area contributed by atoms with Gasteiger partial charge in [-0.3, -0.25) is 0 Å². The molecule has 1 heterocycles. The molecule has 1 fully saturated rings. The lowest BCUT2D eigenvalue weighted by Crippen LogP contribution is -2.43. The molecule has 3 heteroatoms. The first kappa shape index (κ1) is 12.9. The van der Waals surface area contributed by atoms with Crippen LogP contribution in [0, 0.1) is 0 Å². The number of hydrogen-bond donors (Lipinski definition) is 1. The fraction of sp³-hybridized carbons (Fsp3) is 1.00. The highest BCUT2D eigenvalue weighted by Crippen LogP contribution is 2.17. The highest BCUT2D eigenvalue weighted by molar-refractivity contribution is 4.79. The predicted octanol–water partition coefficient (Wildman–Crippen LogP) is 1.96. The monoisotopic (exact) mass is 215 g/mol.